The molecule has 33 heavy (non-hydrogen) atoms. The summed E-state index contributed by atoms with van der Waals surface area (Å²) in [6, 6.07) is 24.7. The molecule has 170 valence electrons. The molecule has 1 heterocycles. The predicted octanol–water partition coefficient (Wildman–Crippen LogP) is 5.40. The van der Waals surface area contributed by atoms with E-state index in [1.54, 1.807) is 18.2 Å². The molecule has 0 bridgehead atoms. The van der Waals surface area contributed by atoms with Crippen molar-refractivity contribution in [3.63, 3.8) is 0 Å². The normalized spacial score (nSPS) is 14.8. The third kappa shape index (κ3) is 5.32. The summed E-state index contributed by atoms with van der Waals surface area (Å²) in [6.45, 7) is 4.46. The molecule has 0 fully saturated rings. The van der Waals surface area contributed by atoms with Crippen molar-refractivity contribution in [3.05, 3.63) is 101 Å². The molecule has 0 spiro atoms. The standard InChI is InChI=1S/C28H29NO4/c1-28(2,22-11-7-4-8-12-22)17-20(16-25(30)19-9-5-3-6-10-19)26(31)29-23-13-14-24-21(15-23)18-33-27(24)32/h3-15,20,25,30H,16-18H2,1-2H3,(H,29,31). The van der Waals surface area contributed by atoms with Gasteiger partial charge in [-0.15, -0.1) is 0 Å². The Morgan fingerprint density at radius 1 is 1.03 bits per heavy atom. The molecular formula is C28H29NO4. The number of carbonyl (C=O) groups excluding carboxylic acids is 2. The van der Waals surface area contributed by atoms with E-state index in [0.717, 1.165) is 16.7 Å². The number of hydrogen-bond acceptors (Lipinski definition) is 4. The largest absolute Gasteiger partial charge is 0.457 e. The van der Waals surface area contributed by atoms with E-state index >= 15 is 0 Å². The molecule has 0 radical (unpaired) electrons. The quantitative estimate of drug-likeness (QED) is 0.457. The summed E-state index contributed by atoms with van der Waals surface area (Å²) in [5, 5.41) is 13.9. The molecule has 3 aromatic carbocycles. The van der Waals surface area contributed by atoms with E-state index in [0.29, 0.717) is 24.1 Å². The number of cyclic esters (lactones) is 1. The number of fused-ring (bicyclic) bond motifs is 1. The second-order valence-electron chi connectivity index (χ2n) is 9.25. The van der Waals surface area contributed by atoms with E-state index in [1.807, 2.05) is 48.5 Å². The number of aliphatic hydroxyl groups is 1. The Labute approximate surface area is 194 Å². The summed E-state index contributed by atoms with van der Waals surface area (Å²) in [6.07, 6.45) is 0.123. The van der Waals surface area contributed by atoms with Gasteiger partial charge in [0, 0.05) is 17.2 Å². The molecule has 0 saturated heterocycles. The van der Waals surface area contributed by atoms with Crippen LogP contribution in [0.2, 0.25) is 0 Å². The Hall–Kier alpha value is -3.44. The van der Waals surface area contributed by atoms with Gasteiger partial charge in [-0.25, -0.2) is 4.79 Å². The number of ether oxygens (including phenoxy) is 1. The first-order chi connectivity index (χ1) is 15.8. The van der Waals surface area contributed by atoms with E-state index in [1.165, 1.54) is 0 Å². The van der Waals surface area contributed by atoms with Crippen LogP contribution in [0.4, 0.5) is 5.69 Å². The van der Waals surface area contributed by atoms with Crippen LogP contribution in [0.25, 0.3) is 0 Å². The lowest BCUT2D eigenvalue weighted by molar-refractivity contribution is -0.121. The Bertz CT molecular complexity index is 1130. The lowest BCUT2D eigenvalue weighted by Gasteiger charge is -2.31. The van der Waals surface area contributed by atoms with E-state index in [9.17, 15) is 14.7 Å². The first kappa shape index (κ1) is 22.7. The number of nitrogens with one attached hydrogen (secondary N) is 1. The van der Waals surface area contributed by atoms with Crippen molar-refractivity contribution in [3.8, 4) is 0 Å². The zero-order chi connectivity index (χ0) is 23.4. The van der Waals surface area contributed by atoms with Gasteiger partial charge in [-0.05, 0) is 47.6 Å². The molecule has 4 rings (SSSR count). The molecule has 2 unspecified atom stereocenters. The summed E-state index contributed by atoms with van der Waals surface area (Å²) >= 11 is 0. The zero-order valence-corrected chi connectivity index (χ0v) is 19.0. The molecule has 5 heteroatoms. The molecule has 5 nitrogen and oxygen atoms in total. The third-order valence-electron chi connectivity index (χ3n) is 6.33. The average molecular weight is 444 g/mol. The maximum atomic E-state index is 13.4. The van der Waals surface area contributed by atoms with Gasteiger partial charge in [-0.1, -0.05) is 74.5 Å². The van der Waals surface area contributed by atoms with E-state index in [4.69, 9.17) is 4.74 Å². The number of anilines is 1. The minimum Gasteiger partial charge on any atom is -0.457 e. The predicted molar refractivity (Wildman–Crippen MR) is 128 cm³/mol. The molecule has 1 aliphatic rings. The first-order valence-corrected chi connectivity index (χ1v) is 11.2. The van der Waals surface area contributed by atoms with Gasteiger partial charge in [0.15, 0.2) is 0 Å². The number of benzene rings is 3. The Morgan fingerprint density at radius 2 is 1.70 bits per heavy atom. The van der Waals surface area contributed by atoms with Gasteiger partial charge in [-0.2, -0.15) is 0 Å². The smallest absolute Gasteiger partial charge is 0.338 e. The lowest BCUT2D eigenvalue weighted by atomic mass is 9.75. The van der Waals surface area contributed by atoms with Crippen LogP contribution in [0.15, 0.2) is 78.9 Å². The summed E-state index contributed by atoms with van der Waals surface area (Å²) in [7, 11) is 0. The maximum absolute atomic E-state index is 13.4. The summed E-state index contributed by atoms with van der Waals surface area (Å²) in [5.74, 6) is -0.919. The SMILES string of the molecule is CC(C)(CC(CC(O)c1ccccc1)C(=O)Nc1ccc2c(c1)COC2=O)c1ccccc1. The van der Waals surface area contributed by atoms with Crippen LogP contribution in [0.3, 0.4) is 0 Å². The number of aliphatic hydroxyl groups excluding tert-OH is 1. The molecular weight excluding hydrogens is 414 g/mol. The zero-order valence-electron chi connectivity index (χ0n) is 19.0. The molecule has 1 amide bonds. The fourth-order valence-electron chi connectivity index (χ4n) is 4.44. The molecule has 0 aliphatic carbocycles. The van der Waals surface area contributed by atoms with Crippen molar-refractivity contribution in [2.24, 2.45) is 5.92 Å². The van der Waals surface area contributed by atoms with Crippen molar-refractivity contribution in [1.29, 1.82) is 0 Å². The summed E-state index contributed by atoms with van der Waals surface area (Å²) < 4.78 is 5.06. The molecule has 3 aromatic rings. The minimum atomic E-state index is -0.750. The maximum Gasteiger partial charge on any atom is 0.338 e. The van der Waals surface area contributed by atoms with Gasteiger partial charge in [0.2, 0.25) is 5.91 Å². The Balaban J connectivity index is 1.56. The second-order valence-corrected chi connectivity index (χ2v) is 9.25. The van der Waals surface area contributed by atoms with Crippen molar-refractivity contribution >= 4 is 17.6 Å². The Morgan fingerprint density at radius 3 is 2.39 bits per heavy atom. The monoisotopic (exact) mass is 443 g/mol. The highest BCUT2D eigenvalue weighted by molar-refractivity contribution is 5.96. The van der Waals surface area contributed by atoms with Crippen molar-refractivity contribution in [2.75, 3.05) is 5.32 Å². The van der Waals surface area contributed by atoms with Crippen LogP contribution in [-0.2, 0) is 21.6 Å². The van der Waals surface area contributed by atoms with Crippen LogP contribution >= 0.6 is 0 Å². The second kappa shape index (κ2) is 9.59. The third-order valence-corrected chi connectivity index (χ3v) is 6.33. The number of amides is 1. The molecule has 1 aliphatic heterocycles. The molecule has 2 atom stereocenters. The number of rotatable bonds is 8. The van der Waals surface area contributed by atoms with Crippen LogP contribution in [0.5, 0.6) is 0 Å². The molecule has 2 N–H and O–H groups in total. The highest BCUT2D eigenvalue weighted by Crippen LogP contribution is 2.35. The van der Waals surface area contributed by atoms with Gasteiger partial charge in [0.1, 0.15) is 6.61 Å². The topological polar surface area (TPSA) is 75.6 Å². The summed E-state index contributed by atoms with van der Waals surface area (Å²) in [5.41, 5.74) is 3.59. The van der Waals surface area contributed by atoms with Crippen molar-refractivity contribution in [2.45, 2.75) is 44.8 Å². The minimum absolute atomic E-state index is 0.154. The summed E-state index contributed by atoms with van der Waals surface area (Å²) in [4.78, 5) is 25.1. The van der Waals surface area contributed by atoms with Crippen LogP contribution in [-0.4, -0.2) is 17.0 Å². The van der Waals surface area contributed by atoms with Crippen molar-refractivity contribution in [1.82, 2.24) is 0 Å². The number of hydrogen-bond donors (Lipinski definition) is 2. The average Bonchev–Trinajstić information content (AvgIpc) is 3.19. The van der Waals surface area contributed by atoms with E-state index < -0.39 is 12.0 Å². The first-order valence-electron chi connectivity index (χ1n) is 11.2. The van der Waals surface area contributed by atoms with Gasteiger partial charge >= 0.3 is 5.97 Å². The lowest BCUT2D eigenvalue weighted by Crippen LogP contribution is -2.31. The van der Waals surface area contributed by atoms with Crippen LogP contribution < -0.4 is 5.32 Å². The number of esters is 1. The van der Waals surface area contributed by atoms with E-state index in [2.05, 4.69) is 31.3 Å². The Kier molecular flexibility index (Phi) is 6.61. The highest BCUT2D eigenvalue weighted by atomic mass is 16.5. The fraction of sp³-hybridized carbons (Fsp3) is 0.286. The van der Waals surface area contributed by atoms with Gasteiger partial charge in [0.25, 0.3) is 0 Å². The van der Waals surface area contributed by atoms with Crippen molar-refractivity contribution < 1.29 is 19.4 Å². The van der Waals surface area contributed by atoms with Gasteiger partial charge in [0.05, 0.1) is 11.7 Å². The van der Waals surface area contributed by atoms with Gasteiger partial charge in [-0.3, -0.25) is 4.79 Å². The van der Waals surface area contributed by atoms with Crippen LogP contribution in [0.1, 0.15) is 59.8 Å². The number of carbonyl (C=O) groups is 2. The van der Waals surface area contributed by atoms with Gasteiger partial charge < -0.3 is 15.2 Å². The fourth-order valence-corrected chi connectivity index (χ4v) is 4.44. The highest BCUT2D eigenvalue weighted by Gasteiger charge is 2.32. The molecule has 0 aromatic heterocycles. The molecule has 0 saturated carbocycles. The van der Waals surface area contributed by atoms with E-state index in [-0.39, 0.29) is 23.9 Å². The van der Waals surface area contributed by atoms with Crippen LogP contribution in [0, 0.1) is 5.92 Å².